The molecule has 0 aromatic heterocycles. The summed E-state index contributed by atoms with van der Waals surface area (Å²) in [6, 6.07) is 33.5. The van der Waals surface area contributed by atoms with Crippen LogP contribution in [0.4, 0.5) is 5.69 Å². The Kier molecular flexibility index (Phi) is 14.7. The van der Waals surface area contributed by atoms with Gasteiger partial charge >= 0.3 is 5.97 Å². The minimum Gasteiger partial charge on any atom is -0.492 e. The molecule has 4 aromatic rings. The zero-order valence-electron chi connectivity index (χ0n) is 30.6. The van der Waals surface area contributed by atoms with Gasteiger partial charge in [0.05, 0.1) is 30.2 Å². The predicted molar refractivity (Wildman–Crippen MR) is 207 cm³/mol. The lowest BCUT2D eigenvalue weighted by Crippen LogP contribution is -2.42. The molecular weight excluding hydrogens is 681 g/mol. The predicted octanol–water partition coefficient (Wildman–Crippen LogP) is 8.60. The van der Waals surface area contributed by atoms with E-state index in [-0.39, 0.29) is 18.1 Å². The van der Waals surface area contributed by atoms with E-state index in [1.54, 1.807) is 19.1 Å². The lowest BCUT2D eigenvalue weighted by atomic mass is 10.0. The molecule has 9 nitrogen and oxygen atoms in total. The van der Waals surface area contributed by atoms with Crippen molar-refractivity contribution in [3.63, 3.8) is 0 Å². The standard InChI is InChI=1S/C40H52N2O7SSi/c1-7-46-40(43)34-18-16-32(17-19-34)33-20-23-36(24-21-33)47-28-30(5)41-27-39(49-51(8-2,9-3)10-4)35-22-25-38(37(26-35)42-50(6,44)45)48-29-31-14-12-11-13-15-31/h11-26,30,39,41-42H,7-10,27-29H2,1-6H3. The molecule has 11 heteroatoms. The van der Waals surface area contributed by atoms with Crippen LogP contribution in [0, 0.1) is 0 Å². The van der Waals surface area contributed by atoms with Crippen LogP contribution in [-0.2, 0) is 25.8 Å². The molecule has 0 aliphatic heterocycles. The second-order valence-electron chi connectivity index (χ2n) is 12.7. The van der Waals surface area contributed by atoms with Crippen LogP contribution in [0.1, 0.15) is 62.2 Å². The molecule has 0 radical (unpaired) electrons. The summed E-state index contributed by atoms with van der Waals surface area (Å²) in [5.74, 6) is 0.873. The second kappa shape index (κ2) is 18.9. The Balaban J connectivity index is 1.45. The van der Waals surface area contributed by atoms with Gasteiger partial charge in [-0.15, -0.1) is 0 Å². The van der Waals surface area contributed by atoms with Crippen LogP contribution < -0.4 is 19.5 Å². The summed E-state index contributed by atoms with van der Waals surface area (Å²) < 4.78 is 51.8. The van der Waals surface area contributed by atoms with Crippen LogP contribution in [0.25, 0.3) is 11.1 Å². The summed E-state index contributed by atoms with van der Waals surface area (Å²) in [6.07, 6.45) is 0.830. The molecule has 0 spiro atoms. The summed E-state index contributed by atoms with van der Waals surface area (Å²) >= 11 is 0. The number of hydrogen-bond donors (Lipinski definition) is 2. The average Bonchev–Trinajstić information content (AvgIpc) is 3.14. The number of esters is 1. The summed E-state index contributed by atoms with van der Waals surface area (Å²) in [4.78, 5) is 12.0. The maximum absolute atomic E-state index is 12.4. The number of hydrogen-bond acceptors (Lipinski definition) is 8. The molecule has 274 valence electrons. The number of carbonyl (C=O) groups is 1. The highest BCUT2D eigenvalue weighted by Crippen LogP contribution is 2.35. The second-order valence-corrected chi connectivity index (χ2v) is 19.2. The van der Waals surface area contributed by atoms with E-state index in [0.29, 0.717) is 43.4 Å². The fraction of sp³-hybridized carbons (Fsp3) is 0.375. The molecule has 0 bridgehead atoms. The van der Waals surface area contributed by atoms with Crippen LogP contribution in [-0.4, -0.2) is 54.8 Å². The van der Waals surface area contributed by atoms with Gasteiger partial charge in [0.1, 0.15) is 24.7 Å². The van der Waals surface area contributed by atoms with Crippen molar-refractivity contribution in [1.29, 1.82) is 0 Å². The molecule has 2 N–H and O–H groups in total. The van der Waals surface area contributed by atoms with E-state index >= 15 is 0 Å². The van der Waals surface area contributed by atoms with Gasteiger partial charge < -0.3 is 24.0 Å². The Labute approximate surface area is 304 Å². The average molecular weight is 733 g/mol. The molecule has 0 amide bonds. The number of rotatable bonds is 20. The third kappa shape index (κ3) is 12.0. The molecule has 51 heavy (non-hydrogen) atoms. The van der Waals surface area contributed by atoms with Crippen LogP contribution in [0.15, 0.2) is 97.1 Å². The third-order valence-electron chi connectivity index (χ3n) is 8.97. The Bertz CT molecular complexity index is 1770. The Morgan fingerprint density at radius 2 is 1.43 bits per heavy atom. The highest BCUT2D eigenvalue weighted by Gasteiger charge is 2.33. The first-order valence-electron chi connectivity index (χ1n) is 17.7. The number of carbonyl (C=O) groups excluding carboxylic acids is 1. The Morgan fingerprint density at radius 1 is 0.804 bits per heavy atom. The smallest absolute Gasteiger partial charge is 0.338 e. The Hall–Kier alpha value is -4.16. The maximum atomic E-state index is 12.4. The summed E-state index contributed by atoms with van der Waals surface area (Å²) in [5, 5.41) is 3.60. The topological polar surface area (TPSA) is 112 Å². The van der Waals surface area contributed by atoms with E-state index in [9.17, 15) is 13.2 Å². The largest absolute Gasteiger partial charge is 0.492 e. The van der Waals surface area contributed by atoms with E-state index in [1.807, 2.05) is 84.9 Å². The number of benzene rings is 4. The molecule has 0 saturated carbocycles. The summed E-state index contributed by atoms with van der Waals surface area (Å²) in [5.41, 5.74) is 4.76. The fourth-order valence-corrected chi connectivity index (χ4v) is 9.15. The first-order chi connectivity index (χ1) is 24.5. The van der Waals surface area contributed by atoms with Crippen molar-refractivity contribution >= 4 is 30.0 Å². The van der Waals surface area contributed by atoms with Crippen LogP contribution in [0.5, 0.6) is 11.5 Å². The first kappa shape index (κ1) is 39.6. The minimum atomic E-state index is -3.57. The third-order valence-corrected chi connectivity index (χ3v) is 14.2. The van der Waals surface area contributed by atoms with Gasteiger partial charge in [-0.2, -0.15) is 0 Å². The highest BCUT2D eigenvalue weighted by atomic mass is 32.2. The molecule has 2 unspecified atom stereocenters. The highest BCUT2D eigenvalue weighted by molar-refractivity contribution is 7.92. The molecule has 0 fully saturated rings. The number of nitrogens with one attached hydrogen (secondary N) is 2. The summed E-state index contributed by atoms with van der Waals surface area (Å²) in [6.45, 7) is 12.0. The molecule has 0 aliphatic rings. The molecule has 4 aromatic carbocycles. The number of sulfonamides is 1. The van der Waals surface area contributed by atoms with Crippen molar-refractivity contribution in [3.05, 3.63) is 114 Å². The van der Waals surface area contributed by atoms with E-state index in [2.05, 4.69) is 37.7 Å². The summed E-state index contributed by atoms with van der Waals surface area (Å²) in [7, 11) is -5.62. The molecule has 4 rings (SSSR count). The number of anilines is 1. The molecule has 2 atom stereocenters. The molecule has 0 saturated heterocycles. The van der Waals surface area contributed by atoms with Crippen molar-refractivity contribution in [2.45, 2.75) is 71.5 Å². The van der Waals surface area contributed by atoms with Gasteiger partial charge in [-0.3, -0.25) is 4.72 Å². The zero-order valence-corrected chi connectivity index (χ0v) is 32.4. The van der Waals surface area contributed by atoms with Crippen molar-refractivity contribution < 1.29 is 31.8 Å². The van der Waals surface area contributed by atoms with E-state index in [4.69, 9.17) is 18.6 Å². The minimum absolute atomic E-state index is 0.00534. The monoisotopic (exact) mass is 732 g/mol. The molecule has 0 heterocycles. The number of ether oxygens (including phenoxy) is 3. The van der Waals surface area contributed by atoms with Gasteiger partial charge in [0.2, 0.25) is 10.0 Å². The van der Waals surface area contributed by atoms with Crippen LogP contribution in [0.3, 0.4) is 0 Å². The van der Waals surface area contributed by atoms with E-state index in [0.717, 1.165) is 52.4 Å². The van der Waals surface area contributed by atoms with Gasteiger partial charge in [-0.1, -0.05) is 81.4 Å². The van der Waals surface area contributed by atoms with Gasteiger partial charge in [0.25, 0.3) is 0 Å². The van der Waals surface area contributed by atoms with Crippen molar-refractivity contribution in [2.24, 2.45) is 0 Å². The lowest BCUT2D eigenvalue weighted by Gasteiger charge is -2.34. The van der Waals surface area contributed by atoms with Gasteiger partial charge in [0.15, 0.2) is 8.32 Å². The van der Waals surface area contributed by atoms with Crippen molar-refractivity contribution in [3.8, 4) is 22.6 Å². The maximum Gasteiger partial charge on any atom is 0.338 e. The van der Waals surface area contributed by atoms with Crippen molar-refractivity contribution in [2.75, 3.05) is 30.7 Å². The SMILES string of the molecule is CCOC(=O)c1ccc(-c2ccc(OCC(C)NCC(O[Si](CC)(CC)CC)c3ccc(OCc4ccccc4)c(NS(C)(=O)=O)c3)cc2)cc1. The van der Waals surface area contributed by atoms with E-state index < -0.39 is 18.3 Å². The molecular formula is C40H52N2O7SSi. The van der Waals surface area contributed by atoms with Gasteiger partial charge in [-0.05, 0) is 90.6 Å². The molecule has 0 aliphatic carbocycles. The zero-order chi connectivity index (χ0) is 36.9. The normalized spacial score (nSPS) is 12.9. The van der Waals surface area contributed by atoms with Gasteiger partial charge in [0, 0.05) is 12.6 Å². The first-order valence-corrected chi connectivity index (χ1v) is 22.1. The Morgan fingerprint density at radius 3 is 2.02 bits per heavy atom. The van der Waals surface area contributed by atoms with Crippen LogP contribution >= 0.6 is 0 Å². The van der Waals surface area contributed by atoms with Gasteiger partial charge in [-0.25, -0.2) is 13.2 Å². The fourth-order valence-electron chi connectivity index (χ4n) is 5.76. The lowest BCUT2D eigenvalue weighted by molar-refractivity contribution is 0.0526. The van der Waals surface area contributed by atoms with E-state index in [1.165, 1.54) is 0 Å². The van der Waals surface area contributed by atoms with Crippen molar-refractivity contribution in [1.82, 2.24) is 5.32 Å². The van der Waals surface area contributed by atoms with Crippen LogP contribution in [0.2, 0.25) is 18.1 Å². The quantitative estimate of drug-likeness (QED) is 0.0687.